The van der Waals surface area contributed by atoms with Crippen LogP contribution in [0, 0.1) is 0 Å². The highest BCUT2D eigenvalue weighted by atomic mass is 14.8. The zero-order valence-electron chi connectivity index (χ0n) is 8.54. The lowest BCUT2D eigenvalue weighted by Gasteiger charge is -2.00. The predicted octanol–water partition coefficient (Wildman–Crippen LogP) is 3.20. The lowest BCUT2D eigenvalue weighted by molar-refractivity contribution is 1.14. The van der Waals surface area contributed by atoms with E-state index >= 15 is 0 Å². The van der Waals surface area contributed by atoms with Crippen molar-refractivity contribution < 1.29 is 0 Å². The fourth-order valence-corrected chi connectivity index (χ4v) is 1.61. The van der Waals surface area contributed by atoms with Crippen LogP contribution in [0.3, 0.4) is 0 Å². The average molecular weight is 183 g/mol. The summed E-state index contributed by atoms with van der Waals surface area (Å²) >= 11 is 0. The van der Waals surface area contributed by atoms with Crippen molar-refractivity contribution >= 4 is 11.9 Å². The molecular weight excluding hydrogens is 170 g/mol. The Morgan fingerprint density at radius 3 is 3.00 bits per heavy atom. The van der Waals surface area contributed by atoms with Crippen molar-refractivity contribution in [2.24, 2.45) is 4.99 Å². The smallest absolute Gasteiger partial charge is 0.112 e. The van der Waals surface area contributed by atoms with Crippen molar-refractivity contribution in [2.45, 2.75) is 20.3 Å². The molecule has 1 heteroatoms. The van der Waals surface area contributed by atoms with E-state index in [1.807, 2.05) is 19.2 Å². The number of fused-ring (bicyclic) bond motifs is 1. The van der Waals surface area contributed by atoms with Crippen molar-refractivity contribution in [3.8, 4) is 0 Å². The van der Waals surface area contributed by atoms with E-state index in [1.54, 1.807) is 0 Å². The van der Waals surface area contributed by atoms with Gasteiger partial charge >= 0.3 is 0 Å². The van der Waals surface area contributed by atoms with Gasteiger partial charge in [-0.05, 0) is 31.1 Å². The molecule has 0 N–H and O–H groups in total. The Kier molecular flexibility index (Phi) is 2.34. The van der Waals surface area contributed by atoms with E-state index in [1.165, 1.54) is 16.7 Å². The second-order valence-corrected chi connectivity index (χ2v) is 3.31. The average Bonchev–Trinajstić information content (AvgIpc) is 2.61. The van der Waals surface area contributed by atoms with E-state index in [-0.39, 0.29) is 0 Å². The molecule has 0 saturated carbocycles. The molecule has 1 aliphatic heterocycles. The van der Waals surface area contributed by atoms with Crippen LogP contribution >= 0.6 is 0 Å². The highest BCUT2D eigenvalue weighted by Gasteiger charge is 2.10. The van der Waals surface area contributed by atoms with Gasteiger partial charge in [-0.1, -0.05) is 24.8 Å². The second kappa shape index (κ2) is 3.65. The standard InChI is InChI=1S/C13H13N/c1-3-5-13-12-7-6-10(4-2)8-11(12)9-14-13/h3,6-9H,4H2,1-2H3. The molecule has 1 nitrogen and oxygen atoms in total. The van der Waals surface area contributed by atoms with Gasteiger partial charge in [0, 0.05) is 17.3 Å². The summed E-state index contributed by atoms with van der Waals surface area (Å²) in [5.74, 6) is 0. The molecule has 1 aromatic rings. The third kappa shape index (κ3) is 1.43. The third-order valence-electron chi connectivity index (χ3n) is 2.39. The van der Waals surface area contributed by atoms with Crippen molar-refractivity contribution in [3.05, 3.63) is 46.7 Å². The molecule has 0 spiro atoms. The van der Waals surface area contributed by atoms with Crippen molar-refractivity contribution in [2.75, 3.05) is 0 Å². The Labute approximate surface area is 84.5 Å². The van der Waals surface area contributed by atoms with Gasteiger partial charge in [-0.15, -0.1) is 0 Å². The quantitative estimate of drug-likeness (QED) is 0.593. The summed E-state index contributed by atoms with van der Waals surface area (Å²) in [4.78, 5) is 4.32. The van der Waals surface area contributed by atoms with Crippen LogP contribution in [0.4, 0.5) is 0 Å². The zero-order chi connectivity index (χ0) is 9.97. The molecule has 0 aliphatic carbocycles. The number of benzene rings is 1. The van der Waals surface area contributed by atoms with Crippen LogP contribution in [0.2, 0.25) is 0 Å². The van der Waals surface area contributed by atoms with E-state index in [4.69, 9.17) is 0 Å². The van der Waals surface area contributed by atoms with E-state index in [9.17, 15) is 0 Å². The van der Waals surface area contributed by atoms with E-state index in [2.05, 4.69) is 35.8 Å². The maximum absolute atomic E-state index is 4.32. The number of allylic oxidation sites excluding steroid dienone is 1. The topological polar surface area (TPSA) is 12.4 Å². The van der Waals surface area contributed by atoms with E-state index < -0.39 is 0 Å². The molecule has 0 amide bonds. The van der Waals surface area contributed by atoms with Crippen molar-refractivity contribution in [3.63, 3.8) is 0 Å². The van der Waals surface area contributed by atoms with Gasteiger partial charge in [0.15, 0.2) is 0 Å². The van der Waals surface area contributed by atoms with Crippen molar-refractivity contribution in [1.29, 1.82) is 0 Å². The molecule has 0 bridgehead atoms. The van der Waals surface area contributed by atoms with Crippen molar-refractivity contribution in [1.82, 2.24) is 0 Å². The Balaban J connectivity index is 2.54. The molecule has 0 saturated heterocycles. The molecule has 2 rings (SSSR count). The Morgan fingerprint density at radius 1 is 1.43 bits per heavy atom. The first kappa shape index (κ1) is 8.98. The molecule has 1 aromatic carbocycles. The summed E-state index contributed by atoms with van der Waals surface area (Å²) in [6.07, 6.45) is 4.89. The molecule has 14 heavy (non-hydrogen) atoms. The fraction of sp³-hybridized carbons (Fsp3) is 0.231. The molecular formula is C13H13N. The van der Waals surface area contributed by atoms with Crippen LogP contribution in [0.5, 0.6) is 0 Å². The van der Waals surface area contributed by atoms with Gasteiger partial charge in [-0.25, -0.2) is 4.99 Å². The van der Waals surface area contributed by atoms with Crippen LogP contribution in [0.1, 0.15) is 30.5 Å². The Bertz CT molecular complexity index is 446. The van der Waals surface area contributed by atoms with E-state index in [0.717, 1.165) is 12.1 Å². The predicted molar refractivity (Wildman–Crippen MR) is 60.6 cm³/mol. The number of nitrogens with zero attached hydrogens (tertiary/aromatic N) is 1. The fourth-order valence-electron chi connectivity index (χ4n) is 1.61. The molecule has 70 valence electrons. The Hall–Kier alpha value is -1.59. The minimum atomic E-state index is 0.949. The Morgan fingerprint density at radius 2 is 2.29 bits per heavy atom. The van der Waals surface area contributed by atoms with Gasteiger partial charge in [0.25, 0.3) is 0 Å². The summed E-state index contributed by atoms with van der Waals surface area (Å²) in [7, 11) is 0. The monoisotopic (exact) mass is 183 g/mol. The number of aliphatic imine (C=N–C) groups is 1. The number of aryl methyl sites for hydroxylation is 1. The molecule has 1 aliphatic rings. The lowest BCUT2D eigenvalue weighted by Crippen LogP contribution is -1.86. The van der Waals surface area contributed by atoms with Gasteiger partial charge in [0.05, 0.1) is 0 Å². The van der Waals surface area contributed by atoms with Gasteiger partial charge < -0.3 is 0 Å². The van der Waals surface area contributed by atoms with Crippen LogP contribution in [-0.4, -0.2) is 6.21 Å². The largest absolute Gasteiger partial charge is 0.247 e. The van der Waals surface area contributed by atoms with Gasteiger partial charge in [0.2, 0.25) is 0 Å². The normalized spacial score (nSPS) is 12.6. The zero-order valence-corrected chi connectivity index (χ0v) is 8.54. The molecule has 0 aromatic heterocycles. The van der Waals surface area contributed by atoms with Crippen LogP contribution < -0.4 is 0 Å². The first-order valence-electron chi connectivity index (χ1n) is 4.94. The molecule has 0 atom stereocenters. The first-order valence-corrected chi connectivity index (χ1v) is 4.94. The molecule has 0 fully saturated rings. The lowest BCUT2D eigenvalue weighted by atomic mass is 10.0. The summed E-state index contributed by atoms with van der Waals surface area (Å²) < 4.78 is 0. The van der Waals surface area contributed by atoms with Gasteiger partial charge in [-0.2, -0.15) is 0 Å². The van der Waals surface area contributed by atoms with E-state index in [0.29, 0.717) is 0 Å². The van der Waals surface area contributed by atoms with Crippen LogP contribution in [0.15, 0.2) is 35.0 Å². The maximum Gasteiger partial charge on any atom is 0.112 e. The molecule has 0 radical (unpaired) electrons. The third-order valence-corrected chi connectivity index (χ3v) is 2.39. The molecule has 1 heterocycles. The minimum Gasteiger partial charge on any atom is -0.247 e. The summed E-state index contributed by atoms with van der Waals surface area (Å²) in [6, 6.07) is 6.49. The second-order valence-electron chi connectivity index (χ2n) is 3.31. The number of hydrogen-bond acceptors (Lipinski definition) is 1. The van der Waals surface area contributed by atoms with Gasteiger partial charge in [-0.3, -0.25) is 0 Å². The first-order chi connectivity index (χ1) is 6.85. The van der Waals surface area contributed by atoms with Gasteiger partial charge in [0.1, 0.15) is 5.70 Å². The molecule has 0 unspecified atom stereocenters. The highest BCUT2D eigenvalue weighted by Crippen LogP contribution is 2.25. The highest BCUT2D eigenvalue weighted by molar-refractivity contribution is 5.97. The summed E-state index contributed by atoms with van der Waals surface area (Å²) in [5.41, 5.74) is 7.85. The SMILES string of the molecule is CC=C=C1N=Cc2cc(CC)ccc21. The van der Waals surface area contributed by atoms with Crippen LogP contribution in [-0.2, 0) is 6.42 Å². The number of rotatable bonds is 1. The number of hydrogen-bond donors (Lipinski definition) is 0. The summed E-state index contributed by atoms with van der Waals surface area (Å²) in [6.45, 7) is 4.12. The van der Waals surface area contributed by atoms with Crippen LogP contribution in [0.25, 0.3) is 5.70 Å². The minimum absolute atomic E-state index is 0.949. The maximum atomic E-state index is 4.32. The summed E-state index contributed by atoms with van der Waals surface area (Å²) in [5, 5.41) is 0.